The predicted octanol–water partition coefficient (Wildman–Crippen LogP) is 2.14. The lowest BCUT2D eigenvalue weighted by Crippen LogP contribution is -2.51. The molecule has 82 valence electrons. The van der Waals surface area contributed by atoms with Gasteiger partial charge in [-0.25, -0.2) is 0 Å². The first kappa shape index (κ1) is 10.4. The Morgan fingerprint density at radius 1 is 1.21 bits per heavy atom. The Hall–Kier alpha value is -0.0800. The average molecular weight is 197 g/mol. The van der Waals surface area contributed by atoms with E-state index in [1.165, 1.54) is 32.4 Å². The lowest BCUT2D eigenvalue weighted by Gasteiger charge is -2.41. The summed E-state index contributed by atoms with van der Waals surface area (Å²) in [6.45, 7) is 9.26. The van der Waals surface area contributed by atoms with E-state index in [4.69, 9.17) is 4.74 Å². The Balaban J connectivity index is 1.69. The second kappa shape index (κ2) is 4.63. The Morgan fingerprint density at radius 3 is 2.29 bits per heavy atom. The van der Waals surface area contributed by atoms with Crippen molar-refractivity contribution < 1.29 is 4.74 Å². The monoisotopic (exact) mass is 197 g/mol. The third-order valence-corrected chi connectivity index (χ3v) is 3.59. The lowest BCUT2D eigenvalue weighted by atomic mass is 9.88. The van der Waals surface area contributed by atoms with Crippen LogP contribution in [0.1, 0.15) is 33.1 Å². The second-order valence-electron chi connectivity index (χ2n) is 5.30. The molecule has 0 aliphatic carbocycles. The molecule has 0 aromatic carbocycles. The number of hydrogen-bond acceptors (Lipinski definition) is 2. The van der Waals surface area contributed by atoms with E-state index in [1.807, 2.05) is 0 Å². The fraction of sp³-hybridized carbons (Fsp3) is 1.00. The lowest BCUT2D eigenvalue weighted by molar-refractivity contribution is -0.0743. The number of rotatable bonds is 3. The van der Waals surface area contributed by atoms with Crippen molar-refractivity contribution in [2.24, 2.45) is 11.8 Å². The molecule has 0 radical (unpaired) electrons. The topological polar surface area (TPSA) is 12.5 Å². The minimum absolute atomic E-state index is 0.759. The van der Waals surface area contributed by atoms with Crippen LogP contribution in [0.4, 0.5) is 0 Å². The highest BCUT2D eigenvalue weighted by Gasteiger charge is 2.29. The van der Waals surface area contributed by atoms with E-state index in [0.29, 0.717) is 0 Å². The minimum atomic E-state index is 0.759. The van der Waals surface area contributed by atoms with E-state index in [-0.39, 0.29) is 0 Å². The van der Waals surface area contributed by atoms with Gasteiger partial charge in [-0.15, -0.1) is 0 Å². The molecule has 0 spiro atoms. The summed E-state index contributed by atoms with van der Waals surface area (Å²) in [4.78, 5) is 2.63. The van der Waals surface area contributed by atoms with Gasteiger partial charge in [-0.1, -0.05) is 13.8 Å². The molecule has 14 heavy (non-hydrogen) atoms. The molecule has 0 aromatic rings. The molecule has 2 fully saturated rings. The van der Waals surface area contributed by atoms with Gasteiger partial charge in [0.25, 0.3) is 0 Å². The average Bonchev–Trinajstić information content (AvgIpc) is 2.04. The second-order valence-corrected chi connectivity index (χ2v) is 5.30. The summed E-state index contributed by atoms with van der Waals surface area (Å²) in [5, 5.41) is 0. The van der Waals surface area contributed by atoms with E-state index < -0.39 is 0 Å². The largest absolute Gasteiger partial charge is 0.378 e. The fourth-order valence-electron chi connectivity index (χ4n) is 2.65. The molecular formula is C12H23NO. The maximum Gasteiger partial charge on any atom is 0.0645 e. The molecule has 0 amide bonds. The minimum Gasteiger partial charge on any atom is -0.378 e. The Morgan fingerprint density at radius 2 is 1.86 bits per heavy atom. The molecule has 2 heterocycles. The molecule has 0 bridgehead atoms. The van der Waals surface area contributed by atoms with Gasteiger partial charge in [-0.3, -0.25) is 4.90 Å². The van der Waals surface area contributed by atoms with Gasteiger partial charge in [0.2, 0.25) is 0 Å². The zero-order valence-electron chi connectivity index (χ0n) is 9.54. The van der Waals surface area contributed by atoms with Crippen molar-refractivity contribution in [3.05, 3.63) is 0 Å². The van der Waals surface area contributed by atoms with Gasteiger partial charge in [-0.2, -0.15) is 0 Å². The van der Waals surface area contributed by atoms with Gasteiger partial charge in [0, 0.05) is 0 Å². The molecule has 2 heteroatoms. The molecule has 2 saturated heterocycles. The van der Waals surface area contributed by atoms with Crippen LogP contribution >= 0.6 is 0 Å². The first-order valence-electron chi connectivity index (χ1n) is 6.07. The van der Waals surface area contributed by atoms with Crippen molar-refractivity contribution in [2.45, 2.75) is 39.2 Å². The van der Waals surface area contributed by atoms with Crippen LogP contribution in [0.2, 0.25) is 0 Å². The summed E-state index contributed by atoms with van der Waals surface area (Å²) >= 11 is 0. The van der Waals surface area contributed by atoms with Crippen molar-refractivity contribution in [2.75, 3.05) is 26.3 Å². The highest BCUT2D eigenvalue weighted by Crippen LogP contribution is 2.26. The Kier molecular flexibility index (Phi) is 3.45. The van der Waals surface area contributed by atoms with E-state index in [2.05, 4.69) is 18.7 Å². The van der Waals surface area contributed by atoms with Gasteiger partial charge >= 0.3 is 0 Å². The molecule has 0 atom stereocenters. The molecular weight excluding hydrogens is 174 g/mol. The number of piperidine rings is 1. The van der Waals surface area contributed by atoms with E-state index >= 15 is 0 Å². The van der Waals surface area contributed by atoms with Crippen LogP contribution in [0.25, 0.3) is 0 Å². The van der Waals surface area contributed by atoms with Gasteiger partial charge in [0.1, 0.15) is 0 Å². The van der Waals surface area contributed by atoms with Crippen LogP contribution in [-0.4, -0.2) is 37.2 Å². The van der Waals surface area contributed by atoms with Crippen LogP contribution < -0.4 is 0 Å². The van der Waals surface area contributed by atoms with Crippen LogP contribution in [0.3, 0.4) is 0 Å². The zero-order valence-corrected chi connectivity index (χ0v) is 9.54. The van der Waals surface area contributed by atoms with Crippen molar-refractivity contribution >= 4 is 0 Å². The van der Waals surface area contributed by atoms with Crippen molar-refractivity contribution in [1.29, 1.82) is 0 Å². The molecule has 0 unspecified atom stereocenters. The summed E-state index contributed by atoms with van der Waals surface area (Å²) < 4.78 is 5.24. The van der Waals surface area contributed by atoms with Crippen LogP contribution in [0.5, 0.6) is 0 Å². The van der Waals surface area contributed by atoms with Gasteiger partial charge in [0.15, 0.2) is 0 Å². The van der Waals surface area contributed by atoms with Gasteiger partial charge in [0.05, 0.1) is 19.3 Å². The van der Waals surface area contributed by atoms with Gasteiger partial charge in [-0.05, 0) is 44.2 Å². The van der Waals surface area contributed by atoms with Crippen molar-refractivity contribution in [1.82, 2.24) is 4.90 Å². The summed E-state index contributed by atoms with van der Waals surface area (Å²) in [7, 11) is 0. The number of hydrogen-bond donors (Lipinski definition) is 0. The van der Waals surface area contributed by atoms with E-state index in [9.17, 15) is 0 Å². The van der Waals surface area contributed by atoms with Crippen LogP contribution in [0.15, 0.2) is 0 Å². The highest BCUT2D eigenvalue weighted by molar-refractivity contribution is 4.82. The van der Waals surface area contributed by atoms with Crippen molar-refractivity contribution in [3.63, 3.8) is 0 Å². The molecule has 2 nitrogen and oxygen atoms in total. The standard InChI is InChI=1S/C12H23NO/c1-10(2)7-11-3-5-13(6-4-11)12-8-14-9-12/h10-12H,3-9H2,1-2H3. The number of nitrogens with zero attached hydrogens (tertiary/aromatic N) is 1. The summed E-state index contributed by atoms with van der Waals surface area (Å²) in [6.07, 6.45) is 4.25. The summed E-state index contributed by atoms with van der Waals surface area (Å²) in [5.74, 6) is 1.87. The maximum absolute atomic E-state index is 5.24. The molecule has 0 N–H and O–H groups in total. The first-order chi connectivity index (χ1) is 6.75. The Bertz CT molecular complexity index is 169. The van der Waals surface area contributed by atoms with Crippen LogP contribution in [0, 0.1) is 11.8 Å². The van der Waals surface area contributed by atoms with E-state index in [1.54, 1.807) is 0 Å². The Labute approximate surface area is 87.6 Å². The van der Waals surface area contributed by atoms with Crippen LogP contribution in [-0.2, 0) is 4.74 Å². The fourth-order valence-corrected chi connectivity index (χ4v) is 2.65. The number of ether oxygens (including phenoxy) is 1. The molecule has 0 aromatic heterocycles. The molecule has 2 aliphatic rings. The predicted molar refractivity (Wildman–Crippen MR) is 58.4 cm³/mol. The third kappa shape index (κ3) is 2.48. The first-order valence-corrected chi connectivity index (χ1v) is 6.07. The summed E-state index contributed by atoms with van der Waals surface area (Å²) in [5.41, 5.74) is 0. The zero-order chi connectivity index (χ0) is 9.97. The maximum atomic E-state index is 5.24. The van der Waals surface area contributed by atoms with Crippen molar-refractivity contribution in [3.8, 4) is 0 Å². The quantitative estimate of drug-likeness (QED) is 0.687. The molecule has 2 rings (SSSR count). The molecule has 0 saturated carbocycles. The SMILES string of the molecule is CC(C)CC1CCN(C2COC2)CC1. The number of likely N-dealkylation sites (tertiary alicyclic amines) is 1. The van der Waals surface area contributed by atoms with E-state index in [0.717, 1.165) is 31.1 Å². The molecule has 2 aliphatic heterocycles. The smallest absolute Gasteiger partial charge is 0.0645 e. The summed E-state index contributed by atoms with van der Waals surface area (Å²) in [6, 6.07) is 0.759. The van der Waals surface area contributed by atoms with Gasteiger partial charge < -0.3 is 4.74 Å². The normalized spacial score (nSPS) is 26.8. The third-order valence-electron chi connectivity index (χ3n) is 3.59. The highest BCUT2D eigenvalue weighted by atomic mass is 16.5.